The van der Waals surface area contributed by atoms with Crippen molar-refractivity contribution in [3.8, 4) is 5.75 Å². The number of benzene rings is 3. The number of hydrogen-bond donors (Lipinski definition) is 1. The molecule has 6 nitrogen and oxygen atoms in total. The first-order chi connectivity index (χ1) is 17.6. The van der Waals surface area contributed by atoms with Gasteiger partial charge >= 0.3 is 0 Å². The Morgan fingerprint density at radius 3 is 2.64 bits per heavy atom. The number of hydrogen-bond acceptors (Lipinski definition) is 3. The lowest BCUT2D eigenvalue weighted by Gasteiger charge is -2.18. The number of fused-ring (bicyclic) bond motifs is 2. The first-order valence-electron chi connectivity index (χ1n) is 12.0. The van der Waals surface area contributed by atoms with Crippen molar-refractivity contribution < 1.29 is 9.53 Å². The van der Waals surface area contributed by atoms with E-state index in [1.807, 2.05) is 86.2 Å². The Bertz CT molecular complexity index is 1660. The zero-order valence-electron chi connectivity index (χ0n) is 20.2. The van der Waals surface area contributed by atoms with E-state index in [9.17, 15) is 4.79 Å². The van der Waals surface area contributed by atoms with Crippen molar-refractivity contribution in [2.45, 2.75) is 6.42 Å². The summed E-state index contributed by atoms with van der Waals surface area (Å²) in [5.41, 5.74) is 5.66. The van der Waals surface area contributed by atoms with Crippen molar-refractivity contribution in [1.29, 1.82) is 0 Å². The van der Waals surface area contributed by atoms with Crippen LogP contribution in [-0.4, -0.2) is 39.8 Å². The van der Waals surface area contributed by atoms with Gasteiger partial charge in [-0.2, -0.15) is 0 Å². The summed E-state index contributed by atoms with van der Waals surface area (Å²) in [5.74, 6) is 1.41. The van der Waals surface area contributed by atoms with Crippen LogP contribution in [0.5, 0.6) is 5.75 Å². The van der Waals surface area contributed by atoms with E-state index in [1.165, 1.54) is 0 Å². The summed E-state index contributed by atoms with van der Waals surface area (Å²) >= 11 is 0. The molecule has 0 atom stereocenters. The molecule has 36 heavy (non-hydrogen) atoms. The minimum Gasteiger partial charge on any atom is -0.497 e. The van der Waals surface area contributed by atoms with Gasteiger partial charge in [0.2, 0.25) is 0 Å². The largest absolute Gasteiger partial charge is 0.497 e. The Balaban J connectivity index is 1.36. The van der Waals surface area contributed by atoms with Crippen LogP contribution >= 0.6 is 0 Å². The predicted octanol–water partition coefficient (Wildman–Crippen LogP) is 5.54. The van der Waals surface area contributed by atoms with E-state index in [0.29, 0.717) is 24.5 Å². The number of para-hydroxylation sites is 1. The number of rotatable bonds is 6. The fraction of sp³-hybridized carbons (Fsp3) is 0.133. The highest BCUT2D eigenvalue weighted by Gasteiger charge is 2.31. The molecule has 1 amide bonds. The van der Waals surface area contributed by atoms with E-state index < -0.39 is 0 Å². The standard InChI is InChI=1S/C30H26N4O2/c1-33-19-22(24-10-6-7-11-28(24)33)16-27-30(35)34(29(32-27)20-8-4-3-5-9-20)15-14-21-18-31-26-13-12-23(36-2)17-25(21)26/h3-13,16-19,31H,14-15H2,1-2H3/b27-16-. The molecule has 0 fully saturated rings. The Kier molecular flexibility index (Phi) is 5.41. The zero-order valence-corrected chi connectivity index (χ0v) is 20.2. The molecule has 5 aromatic rings. The molecule has 178 valence electrons. The second-order valence-electron chi connectivity index (χ2n) is 8.98. The molecule has 3 heterocycles. The lowest BCUT2D eigenvalue weighted by Crippen LogP contribution is -2.34. The van der Waals surface area contributed by atoms with Crippen LogP contribution in [0.2, 0.25) is 0 Å². The summed E-state index contributed by atoms with van der Waals surface area (Å²) in [4.78, 5) is 23.6. The Morgan fingerprint density at radius 2 is 1.81 bits per heavy atom. The number of H-pyrrole nitrogens is 1. The Hall–Kier alpha value is -4.58. The minimum absolute atomic E-state index is 0.0841. The highest BCUT2D eigenvalue weighted by molar-refractivity contribution is 6.20. The number of nitrogens with one attached hydrogen (secondary N) is 1. The van der Waals surface area contributed by atoms with Gasteiger partial charge in [-0.1, -0.05) is 48.5 Å². The van der Waals surface area contributed by atoms with Gasteiger partial charge < -0.3 is 14.3 Å². The number of aliphatic imine (C=N–C) groups is 1. The van der Waals surface area contributed by atoms with E-state index >= 15 is 0 Å². The van der Waals surface area contributed by atoms with Crippen molar-refractivity contribution in [2.75, 3.05) is 13.7 Å². The number of amidine groups is 1. The number of aromatic amines is 1. The molecular weight excluding hydrogens is 448 g/mol. The normalized spacial score (nSPS) is 14.8. The number of nitrogens with zero attached hydrogens (tertiary/aromatic N) is 3. The average molecular weight is 475 g/mol. The fourth-order valence-electron chi connectivity index (χ4n) is 4.92. The van der Waals surface area contributed by atoms with E-state index in [1.54, 1.807) is 12.0 Å². The molecule has 1 N–H and O–H groups in total. The third-order valence-electron chi connectivity index (χ3n) is 6.78. The number of amides is 1. The average Bonchev–Trinajstić information content (AvgIpc) is 3.57. The molecule has 0 unspecified atom stereocenters. The number of aryl methyl sites for hydroxylation is 1. The molecule has 0 saturated carbocycles. The van der Waals surface area contributed by atoms with Gasteiger partial charge in [-0.3, -0.25) is 9.69 Å². The summed E-state index contributed by atoms with van der Waals surface area (Å²) in [5, 5.41) is 2.20. The van der Waals surface area contributed by atoms with Crippen LogP contribution in [-0.2, 0) is 18.3 Å². The van der Waals surface area contributed by atoms with Crippen molar-refractivity contribution in [3.63, 3.8) is 0 Å². The van der Waals surface area contributed by atoms with Gasteiger partial charge in [-0.15, -0.1) is 0 Å². The number of carbonyl (C=O) groups is 1. The second-order valence-corrected chi connectivity index (χ2v) is 8.98. The summed E-state index contributed by atoms with van der Waals surface area (Å²) in [6.07, 6.45) is 6.65. The topological polar surface area (TPSA) is 62.6 Å². The Labute approximate surface area is 209 Å². The zero-order chi connectivity index (χ0) is 24.6. The second kappa shape index (κ2) is 8.89. The van der Waals surface area contributed by atoms with Gasteiger partial charge in [0.25, 0.3) is 5.91 Å². The molecule has 6 rings (SSSR count). The highest BCUT2D eigenvalue weighted by Crippen LogP contribution is 2.28. The third-order valence-corrected chi connectivity index (χ3v) is 6.78. The number of aromatic nitrogens is 2. The van der Waals surface area contributed by atoms with Crippen LogP contribution in [0.3, 0.4) is 0 Å². The van der Waals surface area contributed by atoms with Crippen molar-refractivity contribution in [3.05, 3.63) is 108 Å². The van der Waals surface area contributed by atoms with Crippen molar-refractivity contribution in [2.24, 2.45) is 12.0 Å². The number of ether oxygens (including phenoxy) is 1. The molecule has 2 aromatic heterocycles. The van der Waals surface area contributed by atoms with Crippen LogP contribution in [0.4, 0.5) is 0 Å². The van der Waals surface area contributed by atoms with Crippen LogP contribution < -0.4 is 4.74 Å². The van der Waals surface area contributed by atoms with Crippen LogP contribution in [0.25, 0.3) is 27.9 Å². The van der Waals surface area contributed by atoms with Crippen LogP contribution in [0, 0.1) is 0 Å². The first kappa shape index (κ1) is 21.9. The first-order valence-corrected chi connectivity index (χ1v) is 12.0. The molecular formula is C30H26N4O2. The molecule has 0 radical (unpaired) electrons. The number of carbonyl (C=O) groups excluding carboxylic acids is 1. The molecule has 0 aliphatic carbocycles. The SMILES string of the molecule is COc1ccc2[nH]cc(CCN3C(=O)/C(=C/c4cn(C)c5ccccc45)N=C3c3ccccc3)c2c1. The van der Waals surface area contributed by atoms with E-state index in [2.05, 4.69) is 21.7 Å². The van der Waals surface area contributed by atoms with Gasteiger partial charge in [0.1, 0.15) is 17.3 Å². The van der Waals surface area contributed by atoms with E-state index in [4.69, 9.17) is 9.73 Å². The van der Waals surface area contributed by atoms with Gasteiger partial charge in [-0.05, 0) is 42.3 Å². The molecule has 0 spiro atoms. The highest BCUT2D eigenvalue weighted by atomic mass is 16.5. The maximum absolute atomic E-state index is 13.7. The quantitative estimate of drug-likeness (QED) is 0.329. The number of methoxy groups -OCH3 is 1. The van der Waals surface area contributed by atoms with Crippen LogP contribution in [0.1, 0.15) is 16.7 Å². The fourth-order valence-corrected chi connectivity index (χ4v) is 4.92. The predicted molar refractivity (Wildman–Crippen MR) is 144 cm³/mol. The van der Waals surface area contributed by atoms with E-state index in [-0.39, 0.29) is 5.91 Å². The molecule has 0 bridgehead atoms. The van der Waals surface area contributed by atoms with Crippen molar-refractivity contribution >= 4 is 39.6 Å². The molecule has 1 aliphatic rings. The van der Waals surface area contributed by atoms with Crippen molar-refractivity contribution in [1.82, 2.24) is 14.5 Å². The lowest BCUT2D eigenvalue weighted by atomic mass is 10.1. The summed E-state index contributed by atoms with van der Waals surface area (Å²) in [7, 11) is 3.69. The van der Waals surface area contributed by atoms with Gasteiger partial charge in [0.15, 0.2) is 0 Å². The summed E-state index contributed by atoms with van der Waals surface area (Å²) in [6, 6.07) is 24.1. The summed E-state index contributed by atoms with van der Waals surface area (Å²) < 4.78 is 7.49. The Morgan fingerprint density at radius 1 is 1.00 bits per heavy atom. The maximum Gasteiger partial charge on any atom is 0.278 e. The summed E-state index contributed by atoms with van der Waals surface area (Å²) in [6.45, 7) is 0.517. The lowest BCUT2D eigenvalue weighted by molar-refractivity contribution is -0.122. The minimum atomic E-state index is -0.0841. The monoisotopic (exact) mass is 474 g/mol. The van der Waals surface area contributed by atoms with Gasteiger partial charge in [0.05, 0.1) is 7.11 Å². The molecule has 3 aromatic carbocycles. The molecule has 1 aliphatic heterocycles. The van der Waals surface area contributed by atoms with Crippen LogP contribution in [0.15, 0.2) is 95.9 Å². The maximum atomic E-state index is 13.7. The van der Waals surface area contributed by atoms with E-state index in [0.717, 1.165) is 44.2 Å². The van der Waals surface area contributed by atoms with Gasteiger partial charge in [0, 0.05) is 58.9 Å². The third kappa shape index (κ3) is 3.77. The molecule has 6 heteroatoms. The van der Waals surface area contributed by atoms with Gasteiger partial charge in [-0.25, -0.2) is 4.99 Å². The smallest absolute Gasteiger partial charge is 0.278 e. The molecule has 0 saturated heterocycles.